The van der Waals surface area contributed by atoms with Crippen LogP contribution in [0.1, 0.15) is 13.3 Å². The number of anilines is 2. The number of hydrogen-bond acceptors (Lipinski definition) is 4. The molecule has 0 unspecified atom stereocenters. The van der Waals surface area contributed by atoms with Gasteiger partial charge in [0, 0.05) is 12.2 Å². The van der Waals surface area contributed by atoms with E-state index in [0.717, 1.165) is 6.42 Å². The van der Waals surface area contributed by atoms with Crippen LogP contribution in [-0.4, -0.2) is 31.6 Å². The lowest BCUT2D eigenvalue weighted by Crippen LogP contribution is -2.39. The molecule has 3 rings (SSSR count). The molecule has 0 bridgehead atoms. The summed E-state index contributed by atoms with van der Waals surface area (Å²) in [7, 11) is 0. The van der Waals surface area contributed by atoms with Gasteiger partial charge in [-0.05, 0) is 36.8 Å². The highest BCUT2D eigenvalue weighted by Crippen LogP contribution is 2.34. The van der Waals surface area contributed by atoms with Gasteiger partial charge in [0.05, 0.1) is 5.69 Å². The number of benzene rings is 2. The molecule has 0 aromatic heterocycles. The third-order valence-corrected chi connectivity index (χ3v) is 3.75. The molecule has 6 nitrogen and oxygen atoms in total. The summed E-state index contributed by atoms with van der Waals surface area (Å²) >= 11 is 0. The minimum absolute atomic E-state index is 0.0453. The van der Waals surface area contributed by atoms with Crippen LogP contribution in [-0.2, 0) is 9.59 Å². The third-order valence-electron chi connectivity index (χ3n) is 3.75. The van der Waals surface area contributed by atoms with Gasteiger partial charge in [-0.3, -0.25) is 9.59 Å². The Hall–Kier alpha value is -3.02. The number of para-hydroxylation sites is 1. The van der Waals surface area contributed by atoms with Gasteiger partial charge in [0.25, 0.3) is 11.8 Å². The van der Waals surface area contributed by atoms with Crippen LogP contribution in [0.5, 0.6) is 11.5 Å². The molecular formula is C19H20N2O4. The fourth-order valence-electron chi connectivity index (χ4n) is 2.61. The van der Waals surface area contributed by atoms with E-state index in [4.69, 9.17) is 9.47 Å². The SMILES string of the molecule is CCCN1C(=O)COc2ccc(NC(=O)COc3ccccc3)cc21. The number of carbonyl (C=O) groups excluding carboxylic acids is 2. The Morgan fingerprint density at radius 3 is 2.80 bits per heavy atom. The zero-order valence-electron chi connectivity index (χ0n) is 14.0. The van der Waals surface area contributed by atoms with Crippen molar-refractivity contribution < 1.29 is 19.1 Å². The number of ether oxygens (including phenoxy) is 2. The lowest BCUT2D eigenvalue weighted by Gasteiger charge is -2.29. The molecule has 0 aliphatic carbocycles. The summed E-state index contributed by atoms with van der Waals surface area (Å²) in [6.07, 6.45) is 0.840. The zero-order valence-corrected chi connectivity index (χ0v) is 14.0. The molecule has 2 amide bonds. The minimum atomic E-state index is -0.270. The van der Waals surface area contributed by atoms with Crippen molar-refractivity contribution in [3.8, 4) is 11.5 Å². The first-order valence-electron chi connectivity index (χ1n) is 8.22. The maximum absolute atomic E-state index is 12.1. The van der Waals surface area contributed by atoms with Crippen LogP contribution in [0.3, 0.4) is 0 Å². The largest absolute Gasteiger partial charge is 0.484 e. The molecule has 0 saturated carbocycles. The predicted octanol–water partition coefficient (Wildman–Crippen LogP) is 2.84. The lowest BCUT2D eigenvalue weighted by molar-refractivity contribution is -0.121. The molecule has 0 saturated heterocycles. The number of amides is 2. The molecule has 1 aliphatic rings. The van der Waals surface area contributed by atoms with E-state index in [1.54, 1.807) is 35.2 Å². The molecule has 1 heterocycles. The second-order valence-electron chi connectivity index (χ2n) is 5.67. The molecule has 1 aliphatic heterocycles. The van der Waals surface area contributed by atoms with Crippen LogP contribution in [0.25, 0.3) is 0 Å². The summed E-state index contributed by atoms with van der Waals surface area (Å²) in [6, 6.07) is 14.4. The molecule has 2 aromatic carbocycles. The Labute approximate surface area is 146 Å². The average molecular weight is 340 g/mol. The Morgan fingerprint density at radius 2 is 2.04 bits per heavy atom. The molecule has 0 radical (unpaired) electrons. The first-order valence-corrected chi connectivity index (χ1v) is 8.22. The van der Waals surface area contributed by atoms with Crippen molar-refractivity contribution in [1.82, 2.24) is 0 Å². The van der Waals surface area contributed by atoms with Crippen molar-refractivity contribution in [2.75, 3.05) is 30.0 Å². The summed E-state index contributed by atoms with van der Waals surface area (Å²) in [4.78, 5) is 25.8. The van der Waals surface area contributed by atoms with Crippen molar-refractivity contribution in [1.29, 1.82) is 0 Å². The highest BCUT2D eigenvalue weighted by atomic mass is 16.5. The van der Waals surface area contributed by atoms with E-state index in [1.807, 2.05) is 25.1 Å². The van der Waals surface area contributed by atoms with Crippen molar-refractivity contribution in [2.24, 2.45) is 0 Å². The van der Waals surface area contributed by atoms with Crippen LogP contribution in [0.15, 0.2) is 48.5 Å². The van der Waals surface area contributed by atoms with E-state index in [2.05, 4.69) is 5.32 Å². The zero-order chi connectivity index (χ0) is 17.6. The number of nitrogens with zero attached hydrogens (tertiary/aromatic N) is 1. The smallest absolute Gasteiger partial charge is 0.265 e. The first kappa shape index (κ1) is 16.8. The van der Waals surface area contributed by atoms with Gasteiger partial charge in [0.2, 0.25) is 0 Å². The van der Waals surface area contributed by atoms with Gasteiger partial charge >= 0.3 is 0 Å². The summed E-state index contributed by atoms with van der Waals surface area (Å²) in [5, 5.41) is 2.78. The number of hydrogen-bond donors (Lipinski definition) is 1. The van der Waals surface area contributed by atoms with E-state index in [9.17, 15) is 9.59 Å². The average Bonchev–Trinajstić information content (AvgIpc) is 2.63. The predicted molar refractivity (Wildman–Crippen MR) is 95.1 cm³/mol. The standard InChI is InChI=1S/C19H20N2O4/c1-2-10-21-16-11-14(8-9-17(16)25-13-19(21)23)20-18(22)12-24-15-6-4-3-5-7-15/h3-9,11H,2,10,12-13H2,1H3,(H,20,22). The van der Waals surface area contributed by atoms with Gasteiger partial charge in [0.15, 0.2) is 13.2 Å². The van der Waals surface area contributed by atoms with E-state index < -0.39 is 0 Å². The molecule has 2 aromatic rings. The third kappa shape index (κ3) is 4.09. The molecular weight excluding hydrogens is 320 g/mol. The Morgan fingerprint density at radius 1 is 1.24 bits per heavy atom. The van der Waals surface area contributed by atoms with Crippen LogP contribution < -0.4 is 19.7 Å². The summed E-state index contributed by atoms with van der Waals surface area (Å²) in [5.74, 6) is 0.932. The van der Waals surface area contributed by atoms with Crippen LogP contribution in [0.4, 0.5) is 11.4 Å². The van der Waals surface area contributed by atoms with E-state index >= 15 is 0 Å². The number of nitrogens with one attached hydrogen (secondary N) is 1. The lowest BCUT2D eigenvalue weighted by atomic mass is 10.2. The maximum Gasteiger partial charge on any atom is 0.265 e. The monoisotopic (exact) mass is 340 g/mol. The molecule has 25 heavy (non-hydrogen) atoms. The highest BCUT2D eigenvalue weighted by Gasteiger charge is 2.25. The van der Waals surface area contributed by atoms with Crippen molar-refractivity contribution in [3.63, 3.8) is 0 Å². The maximum atomic E-state index is 12.1. The Kier molecular flexibility index (Phi) is 5.18. The second-order valence-corrected chi connectivity index (χ2v) is 5.67. The van der Waals surface area contributed by atoms with Gasteiger partial charge in [0.1, 0.15) is 11.5 Å². The molecule has 0 spiro atoms. The molecule has 0 atom stereocenters. The van der Waals surface area contributed by atoms with Gasteiger partial charge < -0.3 is 19.7 Å². The number of rotatable bonds is 6. The summed E-state index contributed by atoms with van der Waals surface area (Å²) < 4.78 is 10.9. The van der Waals surface area contributed by atoms with E-state index in [-0.39, 0.29) is 25.0 Å². The number of carbonyl (C=O) groups is 2. The topological polar surface area (TPSA) is 67.9 Å². The normalized spacial score (nSPS) is 13.0. The fourth-order valence-corrected chi connectivity index (χ4v) is 2.61. The van der Waals surface area contributed by atoms with Gasteiger partial charge in [-0.1, -0.05) is 25.1 Å². The molecule has 6 heteroatoms. The highest BCUT2D eigenvalue weighted by molar-refractivity contribution is 5.99. The van der Waals surface area contributed by atoms with Gasteiger partial charge in [-0.2, -0.15) is 0 Å². The first-order chi connectivity index (χ1) is 12.2. The summed E-state index contributed by atoms with van der Waals surface area (Å²) in [5.41, 5.74) is 1.28. The van der Waals surface area contributed by atoms with Crippen molar-refractivity contribution in [3.05, 3.63) is 48.5 Å². The Bertz CT molecular complexity index is 761. The van der Waals surface area contributed by atoms with Crippen LogP contribution >= 0.6 is 0 Å². The molecule has 1 N–H and O–H groups in total. The quantitative estimate of drug-likeness (QED) is 0.878. The van der Waals surface area contributed by atoms with E-state index in [1.165, 1.54) is 0 Å². The van der Waals surface area contributed by atoms with Gasteiger partial charge in [-0.15, -0.1) is 0 Å². The van der Waals surface area contributed by atoms with E-state index in [0.29, 0.717) is 29.4 Å². The van der Waals surface area contributed by atoms with Crippen molar-refractivity contribution in [2.45, 2.75) is 13.3 Å². The summed E-state index contributed by atoms with van der Waals surface area (Å²) in [6.45, 7) is 2.58. The minimum Gasteiger partial charge on any atom is -0.484 e. The molecule has 130 valence electrons. The van der Waals surface area contributed by atoms with Crippen LogP contribution in [0.2, 0.25) is 0 Å². The molecule has 0 fully saturated rings. The second kappa shape index (κ2) is 7.70. The van der Waals surface area contributed by atoms with Crippen molar-refractivity contribution >= 4 is 23.2 Å². The fraction of sp³-hybridized carbons (Fsp3) is 0.263. The Balaban J connectivity index is 1.67. The van der Waals surface area contributed by atoms with Gasteiger partial charge in [-0.25, -0.2) is 0 Å². The van der Waals surface area contributed by atoms with Crippen LogP contribution in [0, 0.1) is 0 Å². The number of fused-ring (bicyclic) bond motifs is 1.